The maximum absolute atomic E-state index is 12.4. The van der Waals surface area contributed by atoms with Crippen molar-refractivity contribution in [3.05, 3.63) is 34.4 Å². The van der Waals surface area contributed by atoms with Gasteiger partial charge < -0.3 is 15.1 Å². The number of anilines is 1. The van der Waals surface area contributed by atoms with Crippen molar-refractivity contribution in [3.8, 4) is 0 Å². The number of hydrogen-bond acceptors (Lipinski definition) is 4. The van der Waals surface area contributed by atoms with Crippen molar-refractivity contribution in [1.82, 2.24) is 9.80 Å². The zero-order valence-electron chi connectivity index (χ0n) is 15.1. The van der Waals surface area contributed by atoms with Gasteiger partial charge in [-0.15, -0.1) is 0 Å². The van der Waals surface area contributed by atoms with Crippen molar-refractivity contribution in [2.24, 2.45) is 5.92 Å². The quantitative estimate of drug-likeness (QED) is 0.603. The lowest BCUT2D eigenvalue weighted by Crippen LogP contribution is -2.43. The molecule has 0 atom stereocenters. The van der Waals surface area contributed by atoms with Gasteiger partial charge >= 0.3 is 6.03 Å². The zero-order chi connectivity index (χ0) is 18.2. The summed E-state index contributed by atoms with van der Waals surface area (Å²) < 4.78 is 0. The van der Waals surface area contributed by atoms with Gasteiger partial charge in [-0.1, -0.05) is 19.4 Å². The number of rotatable bonds is 7. The summed E-state index contributed by atoms with van der Waals surface area (Å²) in [5.74, 6) is 0.628. The second kappa shape index (κ2) is 9.36. The lowest BCUT2D eigenvalue weighted by Gasteiger charge is -2.34. The fourth-order valence-electron chi connectivity index (χ4n) is 3.18. The molecule has 138 valence electrons. The predicted octanol–water partition coefficient (Wildman–Crippen LogP) is 3.57. The van der Waals surface area contributed by atoms with E-state index in [0.29, 0.717) is 11.6 Å². The van der Waals surface area contributed by atoms with Crippen molar-refractivity contribution in [3.63, 3.8) is 0 Å². The number of urea groups is 1. The summed E-state index contributed by atoms with van der Waals surface area (Å²) in [7, 11) is 2.16. The Bertz CT molecular complexity index is 585. The van der Waals surface area contributed by atoms with Crippen molar-refractivity contribution in [2.75, 3.05) is 38.5 Å². The average Bonchev–Trinajstić information content (AvgIpc) is 2.60. The van der Waals surface area contributed by atoms with Gasteiger partial charge in [0.25, 0.3) is 5.69 Å². The molecule has 0 radical (unpaired) electrons. The molecule has 7 nitrogen and oxygen atoms in total. The molecule has 1 heterocycles. The maximum atomic E-state index is 12.4. The molecule has 1 saturated heterocycles. The van der Waals surface area contributed by atoms with Crippen LogP contribution in [0.1, 0.15) is 32.6 Å². The summed E-state index contributed by atoms with van der Waals surface area (Å²) in [5.41, 5.74) is 0.437. The largest absolute Gasteiger partial charge is 0.325 e. The van der Waals surface area contributed by atoms with E-state index in [2.05, 4.69) is 24.2 Å². The van der Waals surface area contributed by atoms with Gasteiger partial charge in [0.2, 0.25) is 0 Å². The number of hydrogen-bond donors (Lipinski definition) is 1. The molecule has 2 rings (SSSR count). The van der Waals surface area contributed by atoms with Gasteiger partial charge in [0.1, 0.15) is 0 Å². The van der Waals surface area contributed by atoms with Gasteiger partial charge in [-0.05, 0) is 44.8 Å². The molecule has 0 unspecified atom stereocenters. The van der Waals surface area contributed by atoms with Crippen LogP contribution in [0.5, 0.6) is 0 Å². The number of nitro groups is 1. The number of non-ortho nitro benzene ring substituents is 1. The summed E-state index contributed by atoms with van der Waals surface area (Å²) in [6, 6.07) is 5.86. The van der Waals surface area contributed by atoms with Crippen molar-refractivity contribution in [2.45, 2.75) is 32.6 Å². The molecule has 0 aromatic heterocycles. The van der Waals surface area contributed by atoms with E-state index in [4.69, 9.17) is 0 Å². The predicted molar refractivity (Wildman–Crippen MR) is 98.8 cm³/mol. The van der Waals surface area contributed by atoms with Gasteiger partial charge in [0.05, 0.1) is 4.92 Å². The molecule has 0 saturated carbocycles. The summed E-state index contributed by atoms with van der Waals surface area (Å²) in [5, 5.41) is 13.6. The van der Waals surface area contributed by atoms with Crippen molar-refractivity contribution >= 4 is 17.4 Å². The molecular weight excluding hydrogens is 320 g/mol. The Labute approximate surface area is 149 Å². The van der Waals surface area contributed by atoms with E-state index in [-0.39, 0.29) is 11.7 Å². The monoisotopic (exact) mass is 348 g/mol. The number of unbranched alkanes of at least 4 members (excludes halogenated alkanes) is 1. The van der Waals surface area contributed by atoms with Crippen LogP contribution in [-0.4, -0.2) is 54.0 Å². The molecule has 7 heteroatoms. The fraction of sp³-hybridized carbons (Fsp3) is 0.611. The second-order valence-electron chi connectivity index (χ2n) is 6.78. The first-order valence-electron chi connectivity index (χ1n) is 8.98. The standard InChI is InChI=1S/C18H28N4O3/c1-3-4-10-20(2)14-15-8-11-21(12-9-15)18(23)19-16-6-5-7-17(13-16)22(24)25/h5-7,13,15H,3-4,8-12,14H2,1-2H3,(H,19,23). The summed E-state index contributed by atoms with van der Waals surface area (Å²) in [6.07, 6.45) is 4.43. The lowest BCUT2D eigenvalue weighted by atomic mass is 9.96. The van der Waals surface area contributed by atoms with E-state index < -0.39 is 4.92 Å². The van der Waals surface area contributed by atoms with Crippen LogP contribution in [0.25, 0.3) is 0 Å². The third kappa shape index (κ3) is 6.01. The Hall–Kier alpha value is -2.15. The Morgan fingerprint density at radius 3 is 2.76 bits per heavy atom. The molecule has 25 heavy (non-hydrogen) atoms. The van der Waals surface area contributed by atoms with E-state index in [9.17, 15) is 14.9 Å². The number of carbonyl (C=O) groups excluding carboxylic acids is 1. The molecule has 0 aliphatic carbocycles. The van der Waals surface area contributed by atoms with Gasteiger partial charge in [-0.2, -0.15) is 0 Å². The number of nitro benzene ring substituents is 1. The zero-order valence-corrected chi connectivity index (χ0v) is 15.1. The van der Waals surface area contributed by atoms with Crippen LogP contribution in [-0.2, 0) is 0 Å². The molecule has 0 spiro atoms. The highest BCUT2D eigenvalue weighted by Gasteiger charge is 2.23. The summed E-state index contributed by atoms with van der Waals surface area (Å²) in [6.45, 7) is 5.87. The van der Waals surface area contributed by atoms with Crippen LogP contribution in [0, 0.1) is 16.0 Å². The first kappa shape index (κ1) is 19.2. The first-order valence-corrected chi connectivity index (χ1v) is 8.98. The van der Waals surface area contributed by atoms with Gasteiger partial charge in [-0.3, -0.25) is 10.1 Å². The van der Waals surface area contributed by atoms with Crippen LogP contribution < -0.4 is 5.32 Å². The number of carbonyl (C=O) groups is 1. The van der Waals surface area contributed by atoms with Crippen molar-refractivity contribution in [1.29, 1.82) is 0 Å². The topological polar surface area (TPSA) is 78.7 Å². The van der Waals surface area contributed by atoms with E-state index in [1.165, 1.54) is 25.0 Å². The molecule has 1 aliphatic heterocycles. The summed E-state index contributed by atoms with van der Waals surface area (Å²) >= 11 is 0. The molecule has 1 aromatic carbocycles. The lowest BCUT2D eigenvalue weighted by molar-refractivity contribution is -0.384. The molecule has 1 fully saturated rings. The molecule has 2 amide bonds. The van der Waals surface area contributed by atoms with Gasteiger partial charge in [-0.25, -0.2) is 4.79 Å². The number of piperidine rings is 1. The highest BCUT2D eigenvalue weighted by atomic mass is 16.6. The van der Waals surface area contributed by atoms with E-state index in [0.717, 1.165) is 39.0 Å². The number of benzene rings is 1. The minimum absolute atomic E-state index is 0.0216. The van der Waals surface area contributed by atoms with Crippen LogP contribution >= 0.6 is 0 Å². The average molecular weight is 348 g/mol. The van der Waals surface area contributed by atoms with Crippen LogP contribution in [0.2, 0.25) is 0 Å². The van der Waals surface area contributed by atoms with E-state index in [1.807, 2.05) is 0 Å². The van der Waals surface area contributed by atoms with Crippen molar-refractivity contribution < 1.29 is 9.72 Å². The third-order valence-corrected chi connectivity index (χ3v) is 4.67. The maximum Gasteiger partial charge on any atom is 0.321 e. The molecule has 1 aromatic rings. The number of nitrogens with zero attached hydrogens (tertiary/aromatic N) is 3. The number of amides is 2. The van der Waals surface area contributed by atoms with Crippen LogP contribution in [0.15, 0.2) is 24.3 Å². The number of nitrogens with one attached hydrogen (secondary N) is 1. The third-order valence-electron chi connectivity index (χ3n) is 4.67. The van der Waals surface area contributed by atoms with Gasteiger partial charge in [0, 0.05) is 37.5 Å². The SMILES string of the molecule is CCCCN(C)CC1CCN(C(=O)Nc2cccc([N+](=O)[O-])c2)CC1. The number of likely N-dealkylation sites (tertiary alicyclic amines) is 1. The highest BCUT2D eigenvalue weighted by molar-refractivity contribution is 5.89. The van der Waals surface area contributed by atoms with Crippen LogP contribution in [0.4, 0.5) is 16.2 Å². The fourth-order valence-corrected chi connectivity index (χ4v) is 3.18. The van der Waals surface area contributed by atoms with Gasteiger partial charge in [0.15, 0.2) is 0 Å². The summed E-state index contributed by atoms with van der Waals surface area (Å²) in [4.78, 5) is 26.9. The highest BCUT2D eigenvalue weighted by Crippen LogP contribution is 2.21. The molecular formula is C18H28N4O3. The second-order valence-corrected chi connectivity index (χ2v) is 6.78. The molecule has 1 N–H and O–H groups in total. The Kier molecular flexibility index (Phi) is 7.18. The Morgan fingerprint density at radius 1 is 1.40 bits per heavy atom. The molecule has 1 aliphatic rings. The first-order chi connectivity index (χ1) is 12.0. The Morgan fingerprint density at radius 2 is 2.12 bits per heavy atom. The van der Waals surface area contributed by atoms with Crippen LogP contribution in [0.3, 0.4) is 0 Å². The Balaban J connectivity index is 1.79. The van der Waals surface area contributed by atoms with E-state index >= 15 is 0 Å². The van der Waals surface area contributed by atoms with E-state index in [1.54, 1.807) is 17.0 Å². The molecule has 0 bridgehead atoms. The minimum Gasteiger partial charge on any atom is -0.325 e. The minimum atomic E-state index is -0.462. The smallest absolute Gasteiger partial charge is 0.321 e. The normalized spacial score (nSPS) is 15.4.